The third-order valence-electron chi connectivity index (χ3n) is 3.78. The Bertz CT molecular complexity index is 748. The van der Waals surface area contributed by atoms with Crippen molar-refractivity contribution in [3.8, 4) is 0 Å². The molecule has 1 heterocycles. The summed E-state index contributed by atoms with van der Waals surface area (Å²) >= 11 is 1.73. The monoisotopic (exact) mass is 311 g/mol. The highest BCUT2D eigenvalue weighted by Gasteiger charge is 2.42. The number of sulfonamides is 1. The molecule has 0 spiro atoms. The molecule has 0 unspecified atom stereocenters. The lowest BCUT2D eigenvalue weighted by atomic mass is 10.2. The number of fused-ring (bicyclic) bond motifs is 1. The third kappa shape index (κ3) is 2.41. The lowest BCUT2D eigenvalue weighted by molar-refractivity contribution is 0.580. The van der Waals surface area contributed by atoms with Crippen LogP contribution in [0.4, 0.5) is 5.69 Å². The average molecular weight is 311 g/mol. The summed E-state index contributed by atoms with van der Waals surface area (Å²) in [6.07, 6.45) is 5.67. The van der Waals surface area contributed by atoms with Gasteiger partial charge >= 0.3 is 0 Å². The first kappa shape index (κ1) is 13.8. The minimum absolute atomic E-state index is 0.0954. The molecule has 3 rings (SSSR count). The molecule has 1 aliphatic carbocycles. The Morgan fingerprint density at radius 2 is 2.20 bits per heavy atom. The summed E-state index contributed by atoms with van der Waals surface area (Å²) in [6, 6.07) is 5.21. The maximum atomic E-state index is 12.4. The third-order valence-corrected chi connectivity index (χ3v) is 6.64. The molecule has 0 bridgehead atoms. The standard InChI is InChI=1S/C13H17N3O2S2/c1-19-13(4-5-13)8-16-20(17,18)12-7-15-11-3-2-9(14)6-10(11)12/h2-3,6-7,15-16H,4-5,8,14H2,1H3. The minimum atomic E-state index is -3.51. The van der Waals surface area contributed by atoms with Crippen LogP contribution in [-0.4, -0.2) is 30.9 Å². The lowest BCUT2D eigenvalue weighted by Gasteiger charge is -2.13. The Morgan fingerprint density at radius 1 is 1.45 bits per heavy atom. The van der Waals surface area contributed by atoms with E-state index in [1.165, 1.54) is 6.20 Å². The fourth-order valence-corrected chi connectivity index (χ4v) is 4.34. The van der Waals surface area contributed by atoms with E-state index in [4.69, 9.17) is 5.73 Å². The molecule has 2 aromatic rings. The Morgan fingerprint density at radius 3 is 2.85 bits per heavy atom. The first-order valence-electron chi connectivity index (χ1n) is 6.37. The van der Waals surface area contributed by atoms with Crippen molar-refractivity contribution in [3.05, 3.63) is 24.4 Å². The van der Waals surface area contributed by atoms with E-state index < -0.39 is 10.0 Å². The zero-order chi connectivity index (χ0) is 14.4. The van der Waals surface area contributed by atoms with Gasteiger partial charge in [-0.3, -0.25) is 0 Å². The molecule has 7 heteroatoms. The van der Waals surface area contributed by atoms with Crippen molar-refractivity contribution in [2.45, 2.75) is 22.5 Å². The molecule has 0 saturated heterocycles. The maximum absolute atomic E-state index is 12.4. The fraction of sp³-hybridized carbons (Fsp3) is 0.385. The normalized spacial score (nSPS) is 17.4. The quantitative estimate of drug-likeness (QED) is 0.736. The Hall–Kier alpha value is -1.18. The van der Waals surface area contributed by atoms with Gasteiger partial charge in [0, 0.05) is 34.1 Å². The maximum Gasteiger partial charge on any atom is 0.242 e. The molecular formula is C13H17N3O2S2. The zero-order valence-electron chi connectivity index (χ0n) is 11.1. The van der Waals surface area contributed by atoms with Crippen molar-refractivity contribution in [2.24, 2.45) is 0 Å². The summed E-state index contributed by atoms with van der Waals surface area (Å²) in [6.45, 7) is 0.478. The molecule has 108 valence electrons. The van der Waals surface area contributed by atoms with Crippen LogP contribution in [0.2, 0.25) is 0 Å². The highest BCUT2D eigenvalue weighted by atomic mass is 32.2. The van der Waals surface area contributed by atoms with Crippen LogP contribution in [-0.2, 0) is 10.0 Å². The number of benzene rings is 1. The van der Waals surface area contributed by atoms with Crippen LogP contribution in [0.5, 0.6) is 0 Å². The van der Waals surface area contributed by atoms with Crippen LogP contribution in [0.15, 0.2) is 29.3 Å². The van der Waals surface area contributed by atoms with Crippen LogP contribution >= 0.6 is 11.8 Å². The van der Waals surface area contributed by atoms with Crippen molar-refractivity contribution >= 4 is 38.4 Å². The van der Waals surface area contributed by atoms with E-state index in [2.05, 4.69) is 9.71 Å². The van der Waals surface area contributed by atoms with Gasteiger partial charge in [0.05, 0.1) is 0 Å². The largest absolute Gasteiger partial charge is 0.399 e. The smallest absolute Gasteiger partial charge is 0.242 e. The van der Waals surface area contributed by atoms with Crippen LogP contribution in [0.3, 0.4) is 0 Å². The predicted octanol–water partition coefficient (Wildman–Crippen LogP) is 1.92. The van der Waals surface area contributed by atoms with Gasteiger partial charge in [-0.2, -0.15) is 11.8 Å². The molecule has 4 N–H and O–H groups in total. The molecule has 20 heavy (non-hydrogen) atoms. The molecule has 0 atom stereocenters. The predicted molar refractivity (Wildman–Crippen MR) is 83.4 cm³/mol. The molecule has 5 nitrogen and oxygen atoms in total. The number of hydrogen-bond acceptors (Lipinski definition) is 4. The molecule has 0 amide bonds. The Balaban J connectivity index is 1.91. The van der Waals surface area contributed by atoms with Gasteiger partial charge in [-0.25, -0.2) is 13.1 Å². The SMILES string of the molecule is CSC1(CNS(=O)(=O)c2c[nH]c3ccc(N)cc23)CC1. The highest BCUT2D eigenvalue weighted by molar-refractivity contribution is 8.00. The number of aromatic amines is 1. The van der Waals surface area contributed by atoms with E-state index in [0.29, 0.717) is 17.6 Å². The first-order chi connectivity index (χ1) is 9.46. The summed E-state index contributed by atoms with van der Waals surface area (Å²) < 4.78 is 27.7. The van der Waals surface area contributed by atoms with E-state index in [1.54, 1.807) is 30.0 Å². The van der Waals surface area contributed by atoms with Crippen LogP contribution in [0.1, 0.15) is 12.8 Å². The second kappa shape index (κ2) is 4.68. The zero-order valence-corrected chi connectivity index (χ0v) is 12.8. The number of anilines is 1. The number of hydrogen-bond donors (Lipinski definition) is 3. The molecule has 1 aromatic carbocycles. The van der Waals surface area contributed by atoms with Crippen molar-refractivity contribution < 1.29 is 8.42 Å². The number of nitrogens with two attached hydrogens (primary N) is 1. The number of thioether (sulfide) groups is 1. The van der Waals surface area contributed by atoms with Crippen LogP contribution < -0.4 is 10.5 Å². The van der Waals surface area contributed by atoms with Crippen molar-refractivity contribution in [2.75, 3.05) is 18.5 Å². The number of nitrogen functional groups attached to an aromatic ring is 1. The minimum Gasteiger partial charge on any atom is -0.399 e. The second-order valence-corrected chi connectivity index (χ2v) is 8.18. The molecular weight excluding hydrogens is 294 g/mol. The van der Waals surface area contributed by atoms with Gasteiger partial charge in [0.1, 0.15) is 4.90 Å². The van der Waals surface area contributed by atoms with Crippen molar-refractivity contribution in [1.82, 2.24) is 9.71 Å². The molecule has 1 fully saturated rings. The van der Waals surface area contributed by atoms with Gasteiger partial charge in [-0.05, 0) is 37.3 Å². The van der Waals surface area contributed by atoms with Gasteiger partial charge in [0.25, 0.3) is 0 Å². The number of nitrogens with one attached hydrogen (secondary N) is 2. The highest BCUT2D eigenvalue weighted by Crippen LogP contribution is 2.46. The Kier molecular flexibility index (Phi) is 3.23. The van der Waals surface area contributed by atoms with E-state index in [9.17, 15) is 8.42 Å². The number of H-pyrrole nitrogens is 1. The van der Waals surface area contributed by atoms with Crippen LogP contribution in [0.25, 0.3) is 10.9 Å². The Labute approximate surface area is 122 Å². The summed E-state index contributed by atoms with van der Waals surface area (Å²) in [5, 5.41) is 0.631. The molecule has 1 aromatic heterocycles. The molecule has 0 aliphatic heterocycles. The van der Waals surface area contributed by atoms with Crippen molar-refractivity contribution in [3.63, 3.8) is 0 Å². The number of aromatic nitrogens is 1. The van der Waals surface area contributed by atoms with E-state index >= 15 is 0 Å². The topological polar surface area (TPSA) is 88.0 Å². The molecule has 1 saturated carbocycles. The fourth-order valence-electron chi connectivity index (χ4n) is 2.23. The van der Waals surface area contributed by atoms with E-state index in [0.717, 1.165) is 18.4 Å². The average Bonchev–Trinajstić information content (AvgIpc) is 3.08. The summed E-state index contributed by atoms with van der Waals surface area (Å²) in [5.41, 5.74) is 7.06. The van der Waals surface area contributed by atoms with Gasteiger partial charge in [0.2, 0.25) is 10.0 Å². The molecule has 0 radical (unpaired) electrons. The summed E-state index contributed by atoms with van der Waals surface area (Å²) in [4.78, 5) is 3.23. The van der Waals surface area contributed by atoms with Crippen molar-refractivity contribution in [1.29, 1.82) is 0 Å². The van der Waals surface area contributed by atoms with Gasteiger partial charge in [0.15, 0.2) is 0 Å². The second-order valence-electron chi connectivity index (χ2n) is 5.17. The van der Waals surface area contributed by atoms with Crippen LogP contribution in [0, 0.1) is 0 Å². The number of rotatable bonds is 5. The van der Waals surface area contributed by atoms with Gasteiger partial charge in [-0.15, -0.1) is 0 Å². The van der Waals surface area contributed by atoms with Gasteiger partial charge in [-0.1, -0.05) is 0 Å². The molecule has 1 aliphatic rings. The van der Waals surface area contributed by atoms with E-state index in [-0.39, 0.29) is 9.64 Å². The van der Waals surface area contributed by atoms with Gasteiger partial charge < -0.3 is 10.7 Å². The summed E-state index contributed by atoms with van der Waals surface area (Å²) in [5.74, 6) is 0. The summed E-state index contributed by atoms with van der Waals surface area (Å²) in [7, 11) is -3.51. The van der Waals surface area contributed by atoms with E-state index in [1.807, 2.05) is 6.26 Å². The lowest BCUT2D eigenvalue weighted by Crippen LogP contribution is -2.31. The first-order valence-corrected chi connectivity index (χ1v) is 9.08.